The summed E-state index contributed by atoms with van der Waals surface area (Å²) >= 11 is 0. The van der Waals surface area contributed by atoms with Gasteiger partial charge in [0.05, 0.1) is 4.92 Å². The smallest absolute Gasteiger partial charge is 0.407 e. The standard InChI is InChI=1S/C12H15N3O4/c1-9-3-2-4-10(11(9)15(18)19)13-5-7-14(8-6-13)12(16)17/h2-4H,5-8H2,1H3,(H,16,17). The van der Waals surface area contributed by atoms with Crippen LogP contribution in [0.15, 0.2) is 18.2 Å². The van der Waals surface area contributed by atoms with Crippen LogP contribution in [0.1, 0.15) is 5.56 Å². The van der Waals surface area contributed by atoms with Crippen molar-refractivity contribution in [3.63, 3.8) is 0 Å². The molecule has 0 aliphatic carbocycles. The summed E-state index contributed by atoms with van der Waals surface area (Å²) in [6.45, 7) is 3.36. The molecule has 7 heteroatoms. The normalized spacial score (nSPS) is 15.4. The van der Waals surface area contributed by atoms with Crippen LogP contribution in [0.25, 0.3) is 0 Å². The van der Waals surface area contributed by atoms with E-state index in [1.54, 1.807) is 25.1 Å². The maximum atomic E-state index is 11.1. The van der Waals surface area contributed by atoms with Gasteiger partial charge in [-0.2, -0.15) is 0 Å². The van der Waals surface area contributed by atoms with Gasteiger partial charge in [0.2, 0.25) is 0 Å². The molecule has 0 unspecified atom stereocenters. The number of carbonyl (C=O) groups is 1. The Morgan fingerprint density at radius 1 is 1.32 bits per heavy atom. The molecule has 1 aromatic carbocycles. The fraction of sp³-hybridized carbons (Fsp3) is 0.417. The number of carboxylic acid groups (broad SMARTS) is 1. The summed E-state index contributed by atoms with van der Waals surface area (Å²) in [6.07, 6.45) is -0.946. The van der Waals surface area contributed by atoms with Crippen molar-refractivity contribution in [1.29, 1.82) is 0 Å². The van der Waals surface area contributed by atoms with Crippen molar-refractivity contribution in [3.8, 4) is 0 Å². The van der Waals surface area contributed by atoms with E-state index in [4.69, 9.17) is 5.11 Å². The second-order valence-corrected chi connectivity index (χ2v) is 4.46. The van der Waals surface area contributed by atoms with Gasteiger partial charge in [-0.15, -0.1) is 0 Å². The Kier molecular flexibility index (Phi) is 3.55. The highest BCUT2D eigenvalue weighted by Crippen LogP contribution is 2.31. The number of rotatable bonds is 2. The third-order valence-electron chi connectivity index (χ3n) is 3.29. The van der Waals surface area contributed by atoms with Crippen molar-refractivity contribution in [2.45, 2.75) is 6.92 Å². The van der Waals surface area contributed by atoms with Gasteiger partial charge >= 0.3 is 6.09 Å². The summed E-state index contributed by atoms with van der Waals surface area (Å²) in [5.41, 5.74) is 1.28. The minimum atomic E-state index is -0.946. The van der Waals surface area contributed by atoms with Gasteiger partial charge in [0.15, 0.2) is 0 Å². The molecule has 1 aliphatic rings. The van der Waals surface area contributed by atoms with Gasteiger partial charge in [-0.3, -0.25) is 10.1 Å². The van der Waals surface area contributed by atoms with E-state index in [1.807, 2.05) is 4.90 Å². The Morgan fingerprint density at radius 3 is 2.47 bits per heavy atom. The largest absolute Gasteiger partial charge is 0.465 e. The molecule has 0 bridgehead atoms. The average Bonchev–Trinajstić information content (AvgIpc) is 2.38. The molecule has 1 N–H and O–H groups in total. The van der Waals surface area contributed by atoms with Crippen molar-refractivity contribution in [3.05, 3.63) is 33.9 Å². The summed E-state index contributed by atoms with van der Waals surface area (Å²) in [5.74, 6) is 0. The number of aryl methyl sites for hydroxylation is 1. The molecule has 1 amide bonds. The fourth-order valence-corrected chi connectivity index (χ4v) is 2.27. The van der Waals surface area contributed by atoms with E-state index >= 15 is 0 Å². The lowest BCUT2D eigenvalue weighted by molar-refractivity contribution is -0.384. The number of nitro benzene ring substituents is 1. The van der Waals surface area contributed by atoms with Gasteiger partial charge in [0, 0.05) is 31.7 Å². The van der Waals surface area contributed by atoms with E-state index < -0.39 is 6.09 Å². The first kappa shape index (κ1) is 13.1. The highest BCUT2D eigenvalue weighted by atomic mass is 16.6. The first-order valence-corrected chi connectivity index (χ1v) is 5.97. The van der Waals surface area contributed by atoms with Gasteiger partial charge < -0.3 is 14.9 Å². The van der Waals surface area contributed by atoms with Crippen LogP contribution < -0.4 is 4.90 Å². The van der Waals surface area contributed by atoms with Crippen LogP contribution >= 0.6 is 0 Å². The van der Waals surface area contributed by atoms with E-state index in [1.165, 1.54) is 4.90 Å². The van der Waals surface area contributed by atoms with Crippen LogP contribution in [0.4, 0.5) is 16.2 Å². The summed E-state index contributed by atoms with van der Waals surface area (Å²) in [7, 11) is 0. The lowest BCUT2D eigenvalue weighted by Gasteiger charge is -2.34. The number of benzene rings is 1. The Labute approximate surface area is 110 Å². The lowest BCUT2D eigenvalue weighted by atomic mass is 10.1. The number of nitro groups is 1. The first-order chi connectivity index (χ1) is 9.00. The third kappa shape index (κ3) is 2.59. The highest BCUT2D eigenvalue weighted by Gasteiger charge is 2.26. The van der Waals surface area contributed by atoms with Crippen LogP contribution in [0, 0.1) is 17.0 Å². The van der Waals surface area contributed by atoms with Crippen molar-refractivity contribution < 1.29 is 14.8 Å². The van der Waals surface area contributed by atoms with Crippen LogP contribution in [0.5, 0.6) is 0 Å². The topological polar surface area (TPSA) is 86.9 Å². The second-order valence-electron chi connectivity index (χ2n) is 4.46. The Bertz CT molecular complexity index is 510. The molecule has 1 fully saturated rings. The van der Waals surface area contributed by atoms with E-state index in [2.05, 4.69) is 0 Å². The summed E-state index contributed by atoms with van der Waals surface area (Å²) < 4.78 is 0. The van der Waals surface area contributed by atoms with Crippen LogP contribution in [-0.4, -0.2) is 47.2 Å². The number of hydrogen-bond donors (Lipinski definition) is 1. The second kappa shape index (κ2) is 5.13. The van der Waals surface area contributed by atoms with Gasteiger partial charge in [0.25, 0.3) is 5.69 Å². The first-order valence-electron chi connectivity index (χ1n) is 5.97. The van der Waals surface area contributed by atoms with Crippen molar-refractivity contribution >= 4 is 17.5 Å². The SMILES string of the molecule is Cc1cccc(N2CCN(C(=O)O)CC2)c1[N+](=O)[O-]. The minimum Gasteiger partial charge on any atom is -0.465 e. The fourth-order valence-electron chi connectivity index (χ4n) is 2.27. The Hall–Kier alpha value is -2.31. The number of piperazine rings is 1. The lowest BCUT2D eigenvalue weighted by Crippen LogP contribution is -2.48. The predicted molar refractivity (Wildman–Crippen MR) is 69.6 cm³/mol. The number of anilines is 1. The molecule has 19 heavy (non-hydrogen) atoms. The molecule has 102 valence electrons. The Balaban J connectivity index is 2.22. The van der Waals surface area contributed by atoms with Gasteiger partial charge in [-0.05, 0) is 13.0 Å². The van der Waals surface area contributed by atoms with Crippen molar-refractivity contribution in [2.75, 3.05) is 31.1 Å². The zero-order valence-electron chi connectivity index (χ0n) is 10.6. The number of amides is 1. The number of hydrogen-bond acceptors (Lipinski definition) is 4. The van der Waals surface area contributed by atoms with Gasteiger partial charge in [0.1, 0.15) is 5.69 Å². The van der Waals surface area contributed by atoms with E-state index in [0.29, 0.717) is 37.4 Å². The van der Waals surface area contributed by atoms with E-state index in [0.717, 1.165) is 0 Å². The maximum Gasteiger partial charge on any atom is 0.407 e. The van der Waals surface area contributed by atoms with Gasteiger partial charge in [-0.1, -0.05) is 12.1 Å². The molecule has 0 radical (unpaired) electrons. The predicted octanol–water partition coefficient (Wildman–Crippen LogP) is 1.70. The minimum absolute atomic E-state index is 0.103. The highest BCUT2D eigenvalue weighted by molar-refractivity contribution is 5.68. The monoisotopic (exact) mass is 265 g/mol. The summed E-state index contributed by atoms with van der Waals surface area (Å²) in [4.78, 5) is 24.8. The van der Waals surface area contributed by atoms with Crippen molar-refractivity contribution in [1.82, 2.24) is 4.90 Å². The molecule has 1 aliphatic heterocycles. The van der Waals surface area contributed by atoms with E-state index in [9.17, 15) is 14.9 Å². The van der Waals surface area contributed by atoms with Crippen LogP contribution in [-0.2, 0) is 0 Å². The van der Waals surface area contributed by atoms with Gasteiger partial charge in [-0.25, -0.2) is 4.79 Å². The molecule has 0 aromatic heterocycles. The number of nitrogens with zero attached hydrogens (tertiary/aromatic N) is 3. The summed E-state index contributed by atoms with van der Waals surface area (Å²) in [6, 6.07) is 5.19. The van der Waals surface area contributed by atoms with Crippen molar-refractivity contribution in [2.24, 2.45) is 0 Å². The zero-order valence-corrected chi connectivity index (χ0v) is 10.6. The molecule has 0 spiro atoms. The summed E-state index contributed by atoms with van der Waals surface area (Å²) in [5, 5.41) is 20.0. The molecule has 0 saturated carbocycles. The van der Waals surface area contributed by atoms with E-state index in [-0.39, 0.29) is 10.6 Å². The quantitative estimate of drug-likeness (QED) is 0.649. The van der Waals surface area contributed by atoms with Crippen LogP contribution in [0.3, 0.4) is 0 Å². The van der Waals surface area contributed by atoms with Crippen LogP contribution in [0.2, 0.25) is 0 Å². The molecule has 1 saturated heterocycles. The molecule has 1 heterocycles. The zero-order chi connectivity index (χ0) is 14.0. The third-order valence-corrected chi connectivity index (χ3v) is 3.29. The molecule has 7 nitrogen and oxygen atoms in total. The number of para-hydroxylation sites is 1. The molecular formula is C12H15N3O4. The molecule has 1 aromatic rings. The Morgan fingerprint density at radius 2 is 1.95 bits per heavy atom. The molecule has 0 atom stereocenters. The maximum absolute atomic E-state index is 11.1. The molecular weight excluding hydrogens is 250 g/mol. The average molecular weight is 265 g/mol. The molecule has 2 rings (SSSR count).